The zero-order chi connectivity index (χ0) is 20.4. The van der Waals surface area contributed by atoms with Crippen molar-refractivity contribution < 1.29 is 38.1 Å². The van der Waals surface area contributed by atoms with Gasteiger partial charge in [-0.25, -0.2) is 0 Å². The molecule has 0 N–H and O–H groups in total. The lowest BCUT2D eigenvalue weighted by atomic mass is 9.77. The Morgan fingerprint density at radius 2 is 1.71 bits per heavy atom. The Labute approximate surface area is 162 Å². The number of fused-ring (bicyclic) bond motifs is 1. The van der Waals surface area contributed by atoms with Gasteiger partial charge in [0, 0.05) is 19.4 Å². The van der Waals surface area contributed by atoms with Gasteiger partial charge in [-0.3, -0.25) is 14.4 Å². The third-order valence-electron chi connectivity index (χ3n) is 5.09. The van der Waals surface area contributed by atoms with Crippen LogP contribution in [0.2, 0.25) is 0 Å². The minimum Gasteiger partial charge on any atom is -0.493 e. The summed E-state index contributed by atoms with van der Waals surface area (Å²) < 4.78 is 26.3. The molecule has 1 saturated heterocycles. The predicted molar refractivity (Wildman–Crippen MR) is 96.9 cm³/mol. The van der Waals surface area contributed by atoms with Gasteiger partial charge in [0.25, 0.3) is 0 Å². The highest BCUT2D eigenvalue weighted by Gasteiger charge is 2.49. The molecule has 150 valence electrons. The van der Waals surface area contributed by atoms with E-state index in [0.29, 0.717) is 16.9 Å². The third kappa shape index (κ3) is 3.13. The fourth-order valence-electron chi connectivity index (χ4n) is 3.87. The summed E-state index contributed by atoms with van der Waals surface area (Å²) in [6.07, 6.45) is 3.56. The highest BCUT2D eigenvalue weighted by molar-refractivity contribution is 6.04. The van der Waals surface area contributed by atoms with Gasteiger partial charge in [-0.2, -0.15) is 0 Å². The molecule has 8 nitrogen and oxygen atoms in total. The summed E-state index contributed by atoms with van der Waals surface area (Å²) in [4.78, 5) is 37.5. The van der Waals surface area contributed by atoms with Crippen LogP contribution in [0.15, 0.2) is 18.2 Å². The van der Waals surface area contributed by atoms with Crippen molar-refractivity contribution in [3.8, 4) is 17.2 Å². The van der Waals surface area contributed by atoms with E-state index in [2.05, 4.69) is 0 Å². The molecule has 28 heavy (non-hydrogen) atoms. The fourth-order valence-corrected chi connectivity index (χ4v) is 3.87. The van der Waals surface area contributed by atoms with Crippen LogP contribution in [0.1, 0.15) is 28.3 Å². The first-order chi connectivity index (χ1) is 13.5. The quantitative estimate of drug-likeness (QED) is 0.413. The molecule has 8 heteroatoms. The highest BCUT2D eigenvalue weighted by Crippen LogP contribution is 2.49. The number of esters is 2. The van der Waals surface area contributed by atoms with Crippen LogP contribution in [0.3, 0.4) is 0 Å². The van der Waals surface area contributed by atoms with Crippen LogP contribution in [0.25, 0.3) is 0 Å². The average Bonchev–Trinajstić information content (AvgIpc) is 2.86. The average molecular weight is 390 g/mol. The number of carbonyl (C=O) groups excluding carboxylic acids is 3. The van der Waals surface area contributed by atoms with Gasteiger partial charge in [0.05, 0.1) is 45.3 Å². The van der Waals surface area contributed by atoms with E-state index in [-0.39, 0.29) is 30.3 Å². The molecule has 1 aliphatic heterocycles. The first-order valence-electron chi connectivity index (χ1n) is 8.75. The molecular formula is C20H22O8. The molecule has 3 rings (SSSR count). The molecule has 0 aromatic heterocycles. The van der Waals surface area contributed by atoms with Crippen molar-refractivity contribution in [2.24, 2.45) is 11.8 Å². The Kier molecular flexibility index (Phi) is 5.69. The van der Waals surface area contributed by atoms with E-state index in [4.69, 9.17) is 23.7 Å². The van der Waals surface area contributed by atoms with Crippen molar-refractivity contribution in [3.05, 3.63) is 29.3 Å². The van der Waals surface area contributed by atoms with E-state index in [1.54, 1.807) is 18.2 Å². The van der Waals surface area contributed by atoms with E-state index in [9.17, 15) is 14.4 Å². The molecule has 3 atom stereocenters. The van der Waals surface area contributed by atoms with Crippen LogP contribution in [0.5, 0.6) is 17.2 Å². The number of ether oxygens (including phenoxy) is 5. The molecule has 0 bridgehead atoms. The van der Waals surface area contributed by atoms with Gasteiger partial charge >= 0.3 is 11.9 Å². The Morgan fingerprint density at radius 1 is 1.00 bits per heavy atom. The first-order valence-corrected chi connectivity index (χ1v) is 8.75. The lowest BCUT2D eigenvalue weighted by Crippen LogP contribution is -2.28. The number of methoxy groups -OCH3 is 4. The SMILES string of the molecule is COCC1C(=O)OC(=O)C1C1C=CCC(=O)c2c1cc(OC)c(OC)c2OC. The maximum absolute atomic E-state index is 12.8. The Bertz CT molecular complexity index is 841. The van der Waals surface area contributed by atoms with Crippen molar-refractivity contribution in [1.82, 2.24) is 0 Å². The predicted octanol–water partition coefficient (Wildman–Crippen LogP) is 1.90. The third-order valence-corrected chi connectivity index (χ3v) is 5.09. The van der Waals surface area contributed by atoms with Crippen molar-refractivity contribution in [2.75, 3.05) is 35.0 Å². The van der Waals surface area contributed by atoms with Gasteiger partial charge in [0.15, 0.2) is 17.3 Å². The fraction of sp³-hybridized carbons (Fsp3) is 0.450. The van der Waals surface area contributed by atoms with Gasteiger partial charge in [-0.15, -0.1) is 0 Å². The van der Waals surface area contributed by atoms with Crippen LogP contribution in [0, 0.1) is 11.8 Å². The minimum absolute atomic E-state index is 0.0350. The first kappa shape index (κ1) is 19.9. The number of cyclic esters (lactones) is 2. The van der Waals surface area contributed by atoms with E-state index in [1.165, 1.54) is 28.4 Å². The molecule has 2 aliphatic rings. The molecule has 1 aromatic carbocycles. The minimum atomic E-state index is -0.823. The summed E-state index contributed by atoms with van der Waals surface area (Å²) >= 11 is 0. The topological polar surface area (TPSA) is 97.4 Å². The molecule has 0 saturated carbocycles. The van der Waals surface area contributed by atoms with Crippen LogP contribution in [-0.2, 0) is 19.1 Å². The number of Topliss-reactive ketones (excluding diaryl/α,β-unsaturated/α-hetero) is 1. The lowest BCUT2D eigenvalue weighted by molar-refractivity contribution is -0.154. The Hall–Kier alpha value is -2.87. The second-order valence-corrected chi connectivity index (χ2v) is 6.52. The van der Waals surface area contributed by atoms with Gasteiger partial charge < -0.3 is 23.7 Å². The normalized spacial score (nSPS) is 23.9. The lowest BCUT2D eigenvalue weighted by Gasteiger charge is -2.25. The van der Waals surface area contributed by atoms with Crippen LogP contribution < -0.4 is 14.2 Å². The molecule has 0 spiro atoms. The maximum Gasteiger partial charge on any atom is 0.319 e. The molecule has 1 heterocycles. The number of allylic oxidation sites excluding steroid dienone is 2. The van der Waals surface area contributed by atoms with Crippen molar-refractivity contribution in [2.45, 2.75) is 12.3 Å². The summed E-state index contributed by atoms with van der Waals surface area (Å²) in [6, 6.07) is 1.65. The zero-order valence-electron chi connectivity index (χ0n) is 16.1. The number of rotatable bonds is 6. The molecule has 1 aliphatic carbocycles. The van der Waals surface area contributed by atoms with Gasteiger partial charge in [-0.05, 0) is 11.6 Å². The maximum atomic E-state index is 12.8. The second kappa shape index (κ2) is 8.02. The second-order valence-electron chi connectivity index (χ2n) is 6.52. The molecule has 1 aromatic rings. The zero-order valence-corrected chi connectivity index (χ0v) is 16.1. The smallest absolute Gasteiger partial charge is 0.319 e. The van der Waals surface area contributed by atoms with Gasteiger partial charge in [0.1, 0.15) is 0 Å². The number of hydrogen-bond donors (Lipinski definition) is 0. The van der Waals surface area contributed by atoms with E-state index < -0.39 is 29.7 Å². The molecule has 0 amide bonds. The molecular weight excluding hydrogens is 368 g/mol. The van der Waals surface area contributed by atoms with Crippen LogP contribution >= 0.6 is 0 Å². The molecule has 1 fully saturated rings. The molecule has 3 unspecified atom stereocenters. The number of carbonyl (C=O) groups is 3. The summed E-state index contributed by atoms with van der Waals surface area (Å²) in [5, 5.41) is 0. The monoisotopic (exact) mass is 390 g/mol. The largest absolute Gasteiger partial charge is 0.493 e. The van der Waals surface area contributed by atoms with Crippen molar-refractivity contribution in [3.63, 3.8) is 0 Å². The Balaban J connectivity index is 2.23. The van der Waals surface area contributed by atoms with Crippen LogP contribution in [-0.4, -0.2) is 52.8 Å². The van der Waals surface area contributed by atoms with Gasteiger partial charge in [-0.1, -0.05) is 12.2 Å². The van der Waals surface area contributed by atoms with E-state index in [0.717, 1.165) is 0 Å². The number of hydrogen-bond acceptors (Lipinski definition) is 8. The number of benzene rings is 1. The Morgan fingerprint density at radius 3 is 2.32 bits per heavy atom. The van der Waals surface area contributed by atoms with Crippen molar-refractivity contribution in [1.29, 1.82) is 0 Å². The molecule has 0 radical (unpaired) electrons. The number of ketones is 1. The summed E-state index contributed by atoms with van der Waals surface area (Å²) in [5.41, 5.74) is 0.824. The highest BCUT2D eigenvalue weighted by atomic mass is 16.6. The van der Waals surface area contributed by atoms with E-state index >= 15 is 0 Å². The van der Waals surface area contributed by atoms with Crippen molar-refractivity contribution >= 4 is 17.7 Å². The van der Waals surface area contributed by atoms with Crippen LogP contribution in [0.4, 0.5) is 0 Å². The standard InChI is InChI=1S/C20H22O8/c1-24-9-12-15(20(23)28-19(12)22)10-6-5-7-13(21)16-11(10)8-14(25-2)17(26-3)18(16)27-4/h5-6,8,10,12,15H,7,9H2,1-4H3. The summed E-state index contributed by atoms with van der Waals surface area (Å²) in [7, 11) is 5.79. The summed E-state index contributed by atoms with van der Waals surface area (Å²) in [5.74, 6) is -2.77. The van der Waals surface area contributed by atoms with E-state index in [1.807, 2.05) is 0 Å². The summed E-state index contributed by atoms with van der Waals surface area (Å²) in [6.45, 7) is 0.0350. The van der Waals surface area contributed by atoms with Gasteiger partial charge in [0.2, 0.25) is 5.75 Å².